The summed E-state index contributed by atoms with van der Waals surface area (Å²) in [6, 6.07) is 0. The van der Waals surface area contributed by atoms with Crippen LogP contribution in [0.25, 0.3) is 0 Å². The normalized spacial score (nSPS) is 20.7. The van der Waals surface area contributed by atoms with Gasteiger partial charge in [-0.05, 0) is 38.5 Å². The second-order valence-electron chi connectivity index (χ2n) is 7.25. The zero-order valence-electron chi connectivity index (χ0n) is 16.8. The second-order valence-corrected chi connectivity index (χ2v) is 8.34. The minimum atomic E-state index is -4.41. The van der Waals surface area contributed by atoms with E-state index in [9.17, 15) is 8.42 Å². The summed E-state index contributed by atoms with van der Waals surface area (Å²) in [5.74, 6) is 0. The first-order valence-corrected chi connectivity index (χ1v) is 11.9. The van der Waals surface area contributed by atoms with E-state index in [0.717, 1.165) is 19.3 Å². The molecule has 7 heteroatoms. The van der Waals surface area contributed by atoms with Crippen molar-refractivity contribution in [3.05, 3.63) is 12.2 Å². The molecule has 2 unspecified atom stereocenters. The van der Waals surface area contributed by atoms with Crippen LogP contribution in [0, 0.1) is 0 Å². The molecule has 0 saturated carbocycles. The average molecular weight is 407 g/mol. The lowest BCUT2D eigenvalue weighted by Crippen LogP contribution is -2.21. The molecule has 1 N–H and O–H groups in total. The number of unbranched alkanes of at least 4 members (excludes halogenated alkanes) is 10. The third-order valence-corrected chi connectivity index (χ3v) is 5.10. The van der Waals surface area contributed by atoms with Gasteiger partial charge in [-0.1, -0.05) is 64.0 Å². The van der Waals surface area contributed by atoms with Gasteiger partial charge in [-0.2, -0.15) is 8.42 Å². The lowest BCUT2D eigenvalue weighted by molar-refractivity contribution is -0.0688. The van der Waals surface area contributed by atoms with Gasteiger partial charge in [-0.3, -0.25) is 4.55 Å². The van der Waals surface area contributed by atoms with E-state index in [0.29, 0.717) is 6.61 Å². The van der Waals surface area contributed by atoms with E-state index >= 15 is 0 Å². The molecule has 0 aromatic rings. The topological polar surface area (TPSA) is 82.1 Å². The van der Waals surface area contributed by atoms with E-state index < -0.39 is 16.5 Å². The maximum Gasteiger partial charge on any atom is 0.397 e. The van der Waals surface area contributed by atoms with Crippen LogP contribution >= 0.6 is 0 Å². The molecule has 1 fully saturated rings. The molecule has 1 aliphatic rings. The van der Waals surface area contributed by atoms with Gasteiger partial charge in [0.25, 0.3) is 0 Å². The quantitative estimate of drug-likeness (QED) is 0.203. The smallest absolute Gasteiger partial charge is 0.350 e. The van der Waals surface area contributed by atoms with Crippen LogP contribution in [0.5, 0.6) is 0 Å². The van der Waals surface area contributed by atoms with E-state index in [-0.39, 0.29) is 12.9 Å². The summed E-state index contributed by atoms with van der Waals surface area (Å²) in [5, 5.41) is 0. The maximum atomic E-state index is 10.5. The minimum absolute atomic E-state index is 0.207. The van der Waals surface area contributed by atoms with Crippen LogP contribution in [-0.2, 0) is 24.1 Å². The molecule has 0 amide bonds. The van der Waals surface area contributed by atoms with Crippen LogP contribution in [0.4, 0.5) is 0 Å². The molecule has 0 spiro atoms. The molecule has 1 aliphatic heterocycles. The SMILES string of the molecule is CCCCCCC/C=C\CCCCCCCC1OCC(COS(=O)(=O)O)O1. The Balaban J connectivity index is 1.85. The molecule has 1 rings (SSSR count). The first-order valence-electron chi connectivity index (χ1n) is 10.5. The van der Waals surface area contributed by atoms with Crippen molar-refractivity contribution in [2.24, 2.45) is 0 Å². The van der Waals surface area contributed by atoms with Crippen LogP contribution < -0.4 is 0 Å². The third kappa shape index (κ3) is 15.2. The molecular weight excluding hydrogens is 368 g/mol. The Bertz CT molecular complexity index is 477. The fourth-order valence-corrected chi connectivity index (χ4v) is 3.44. The minimum Gasteiger partial charge on any atom is -0.350 e. The van der Waals surface area contributed by atoms with E-state index in [2.05, 4.69) is 23.3 Å². The number of hydrogen-bond donors (Lipinski definition) is 1. The highest BCUT2D eigenvalue weighted by atomic mass is 32.3. The number of allylic oxidation sites excluding steroid dienone is 2. The Morgan fingerprint density at radius 1 is 0.963 bits per heavy atom. The lowest BCUT2D eigenvalue weighted by Gasteiger charge is -2.10. The summed E-state index contributed by atoms with van der Waals surface area (Å²) in [7, 11) is -4.41. The van der Waals surface area contributed by atoms with E-state index in [1.165, 1.54) is 64.2 Å². The zero-order chi connectivity index (χ0) is 19.8. The Kier molecular flexibility index (Phi) is 14.1. The van der Waals surface area contributed by atoms with Gasteiger partial charge >= 0.3 is 10.4 Å². The van der Waals surface area contributed by atoms with Crippen molar-refractivity contribution in [2.45, 2.75) is 103 Å². The van der Waals surface area contributed by atoms with Crippen molar-refractivity contribution < 1.29 is 26.6 Å². The van der Waals surface area contributed by atoms with Crippen LogP contribution in [0.3, 0.4) is 0 Å². The van der Waals surface area contributed by atoms with Gasteiger partial charge in [0.05, 0.1) is 13.2 Å². The van der Waals surface area contributed by atoms with Crippen molar-refractivity contribution in [2.75, 3.05) is 13.2 Å². The summed E-state index contributed by atoms with van der Waals surface area (Å²) in [5.41, 5.74) is 0. The molecule has 6 nitrogen and oxygen atoms in total. The highest BCUT2D eigenvalue weighted by Crippen LogP contribution is 2.19. The molecule has 1 heterocycles. The fourth-order valence-electron chi connectivity index (χ4n) is 3.11. The summed E-state index contributed by atoms with van der Waals surface area (Å²) in [4.78, 5) is 0. The Morgan fingerprint density at radius 3 is 2.19 bits per heavy atom. The van der Waals surface area contributed by atoms with Gasteiger partial charge < -0.3 is 9.47 Å². The summed E-state index contributed by atoms with van der Waals surface area (Å²) in [6.45, 7) is 2.34. The van der Waals surface area contributed by atoms with Crippen molar-refractivity contribution in [1.82, 2.24) is 0 Å². The van der Waals surface area contributed by atoms with E-state index in [1.807, 2.05) is 0 Å². The first-order chi connectivity index (χ1) is 13.0. The number of hydrogen-bond acceptors (Lipinski definition) is 5. The molecule has 2 atom stereocenters. The van der Waals surface area contributed by atoms with E-state index in [4.69, 9.17) is 14.0 Å². The van der Waals surface area contributed by atoms with Crippen molar-refractivity contribution in [3.63, 3.8) is 0 Å². The van der Waals surface area contributed by atoms with Crippen LogP contribution in [-0.4, -0.2) is 38.6 Å². The highest BCUT2D eigenvalue weighted by Gasteiger charge is 2.27. The van der Waals surface area contributed by atoms with Gasteiger partial charge in [-0.15, -0.1) is 0 Å². The number of ether oxygens (including phenoxy) is 2. The Labute approximate surface area is 165 Å². The number of rotatable bonds is 17. The van der Waals surface area contributed by atoms with Crippen molar-refractivity contribution >= 4 is 10.4 Å². The monoisotopic (exact) mass is 406 g/mol. The molecule has 160 valence electrons. The Morgan fingerprint density at radius 2 is 1.56 bits per heavy atom. The summed E-state index contributed by atoms with van der Waals surface area (Å²) >= 11 is 0. The molecule has 27 heavy (non-hydrogen) atoms. The molecule has 1 saturated heterocycles. The summed E-state index contributed by atoms with van der Waals surface area (Å²) in [6.07, 6.45) is 19.8. The standard InChI is InChI=1S/C20H38O6S/c1-2-3-4-5-6-7-8-9-10-11-12-13-14-15-16-20-24-17-19(26-20)18-25-27(21,22)23/h8-9,19-20H,2-7,10-18H2,1H3,(H,21,22,23)/b9-8-. The largest absolute Gasteiger partial charge is 0.397 e. The third-order valence-electron chi connectivity index (χ3n) is 4.67. The van der Waals surface area contributed by atoms with Crippen LogP contribution in [0.15, 0.2) is 12.2 Å². The Hall–Kier alpha value is -0.470. The van der Waals surface area contributed by atoms with Crippen molar-refractivity contribution in [1.29, 1.82) is 0 Å². The van der Waals surface area contributed by atoms with Gasteiger partial charge in [-0.25, -0.2) is 4.18 Å². The van der Waals surface area contributed by atoms with Gasteiger partial charge in [0, 0.05) is 0 Å². The maximum absolute atomic E-state index is 10.5. The lowest BCUT2D eigenvalue weighted by atomic mass is 10.1. The van der Waals surface area contributed by atoms with Gasteiger partial charge in [0.2, 0.25) is 0 Å². The van der Waals surface area contributed by atoms with Crippen LogP contribution in [0.2, 0.25) is 0 Å². The molecule has 0 bridgehead atoms. The van der Waals surface area contributed by atoms with Gasteiger partial charge in [0.15, 0.2) is 6.29 Å². The average Bonchev–Trinajstić information content (AvgIpc) is 3.07. The van der Waals surface area contributed by atoms with E-state index in [1.54, 1.807) is 0 Å². The van der Waals surface area contributed by atoms with Crippen molar-refractivity contribution in [3.8, 4) is 0 Å². The predicted octanol–water partition coefficient (Wildman–Crippen LogP) is 5.19. The van der Waals surface area contributed by atoms with Gasteiger partial charge in [0.1, 0.15) is 6.10 Å². The first kappa shape index (κ1) is 24.6. The zero-order valence-corrected chi connectivity index (χ0v) is 17.6. The van der Waals surface area contributed by atoms with Crippen LogP contribution in [0.1, 0.15) is 90.4 Å². The molecular formula is C20H38O6S. The second kappa shape index (κ2) is 15.5. The molecule has 0 aliphatic carbocycles. The molecule has 0 radical (unpaired) electrons. The predicted molar refractivity (Wildman–Crippen MR) is 107 cm³/mol. The molecule has 0 aromatic heterocycles. The molecule has 0 aromatic carbocycles. The fraction of sp³-hybridized carbons (Fsp3) is 0.900. The highest BCUT2D eigenvalue weighted by molar-refractivity contribution is 7.80. The summed E-state index contributed by atoms with van der Waals surface area (Å²) < 4.78 is 44.9.